The Morgan fingerprint density at radius 3 is 1.50 bits per heavy atom. The van der Waals surface area contributed by atoms with Gasteiger partial charge in [0.05, 0.1) is 13.7 Å². The lowest BCUT2D eigenvalue weighted by Crippen LogP contribution is -2.44. The minimum Gasteiger partial charge on any atom is -0.497 e. The van der Waals surface area contributed by atoms with E-state index in [0.717, 1.165) is 13.8 Å². The van der Waals surface area contributed by atoms with E-state index in [-0.39, 0.29) is 13.2 Å². The van der Waals surface area contributed by atoms with Gasteiger partial charge in [0.15, 0.2) is 24.6 Å². The molecule has 0 unspecified atom stereocenters. The van der Waals surface area contributed by atoms with E-state index in [0.29, 0.717) is 11.5 Å². The largest absolute Gasteiger partial charge is 0.497 e. The first-order valence-corrected chi connectivity index (χ1v) is 12.9. The van der Waals surface area contributed by atoms with Gasteiger partial charge in [0.1, 0.15) is 30.3 Å². The SMILES string of the molecule is COc1ccc(O[C@@H]2O[C@@H](CO[C@@H]3O[C@@H](COC(C)=O)[C@H](OC(C)=O)[C@H]3OC(C)=O)[C@H](OC(C)=O)[C@H]2OC(C)=O)cc1. The molecule has 0 N–H and O–H groups in total. The Balaban J connectivity index is 1.82. The Kier molecular flexibility index (Phi) is 11.5. The summed E-state index contributed by atoms with van der Waals surface area (Å²) in [5.41, 5.74) is 0. The molecule has 0 bridgehead atoms. The molecule has 15 heteroatoms. The van der Waals surface area contributed by atoms with Gasteiger partial charge in [-0.25, -0.2) is 0 Å². The van der Waals surface area contributed by atoms with E-state index in [1.54, 1.807) is 24.3 Å². The van der Waals surface area contributed by atoms with Crippen LogP contribution >= 0.6 is 0 Å². The second kappa shape index (κ2) is 14.8. The number of hydrogen-bond donors (Lipinski definition) is 0. The van der Waals surface area contributed by atoms with Crippen molar-refractivity contribution in [1.82, 2.24) is 0 Å². The third-order valence-electron chi connectivity index (χ3n) is 5.93. The minimum absolute atomic E-state index is 0.326. The third kappa shape index (κ3) is 9.03. The van der Waals surface area contributed by atoms with Crippen LogP contribution < -0.4 is 9.47 Å². The third-order valence-corrected chi connectivity index (χ3v) is 5.93. The number of ether oxygens (including phenoxy) is 10. The maximum atomic E-state index is 12.0. The fraction of sp³-hybridized carbons (Fsp3) is 0.593. The molecule has 15 nitrogen and oxygen atoms in total. The van der Waals surface area contributed by atoms with Crippen molar-refractivity contribution in [3.05, 3.63) is 24.3 Å². The zero-order valence-electron chi connectivity index (χ0n) is 24.0. The average Bonchev–Trinajstić information content (AvgIpc) is 3.37. The van der Waals surface area contributed by atoms with Gasteiger partial charge in [-0.1, -0.05) is 0 Å². The molecule has 0 saturated carbocycles. The molecule has 232 valence electrons. The normalized spacial score (nSPS) is 28.3. The van der Waals surface area contributed by atoms with E-state index in [2.05, 4.69) is 0 Å². The molecule has 3 rings (SSSR count). The summed E-state index contributed by atoms with van der Waals surface area (Å²) in [4.78, 5) is 58.9. The van der Waals surface area contributed by atoms with Crippen LogP contribution in [0.25, 0.3) is 0 Å². The predicted molar refractivity (Wildman–Crippen MR) is 136 cm³/mol. The van der Waals surface area contributed by atoms with Crippen molar-refractivity contribution in [2.45, 2.75) is 83.8 Å². The molecular formula is C27H34O15. The van der Waals surface area contributed by atoms with Crippen LogP contribution in [0.1, 0.15) is 34.6 Å². The maximum absolute atomic E-state index is 12.0. The summed E-state index contributed by atoms with van der Waals surface area (Å²) >= 11 is 0. The molecule has 0 radical (unpaired) electrons. The molecule has 1 aromatic rings. The van der Waals surface area contributed by atoms with Crippen LogP contribution in [0, 0.1) is 0 Å². The first kappa shape index (κ1) is 32.6. The Hall–Kier alpha value is -3.95. The van der Waals surface area contributed by atoms with E-state index in [4.69, 9.17) is 47.4 Å². The fourth-order valence-electron chi connectivity index (χ4n) is 4.36. The van der Waals surface area contributed by atoms with Gasteiger partial charge in [-0.05, 0) is 24.3 Å². The van der Waals surface area contributed by atoms with Gasteiger partial charge in [0, 0.05) is 34.6 Å². The molecule has 2 saturated heterocycles. The summed E-state index contributed by atoms with van der Waals surface area (Å²) in [7, 11) is 1.51. The summed E-state index contributed by atoms with van der Waals surface area (Å²) in [6.45, 7) is 5.14. The molecule has 2 aliphatic heterocycles. The van der Waals surface area contributed by atoms with E-state index in [1.165, 1.54) is 27.9 Å². The van der Waals surface area contributed by atoms with Crippen molar-refractivity contribution < 1.29 is 71.3 Å². The monoisotopic (exact) mass is 598 g/mol. The number of methoxy groups -OCH3 is 1. The summed E-state index contributed by atoms with van der Waals surface area (Å²) in [6, 6.07) is 6.50. The Morgan fingerprint density at radius 2 is 1.02 bits per heavy atom. The summed E-state index contributed by atoms with van der Waals surface area (Å²) in [5, 5.41) is 0. The summed E-state index contributed by atoms with van der Waals surface area (Å²) in [5.74, 6) is -2.50. The predicted octanol–water partition coefficient (Wildman–Crippen LogP) is 0.830. The number of esters is 5. The van der Waals surface area contributed by atoms with Crippen molar-refractivity contribution in [3.63, 3.8) is 0 Å². The molecular weight excluding hydrogens is 564 g/mol. The number of hydrogen-bond acceptors (Lipinski definition) is 15. The molecule has 1 aromatic carbocycles. The number of rotatable bonds is 12. The highest BCUT2D eigenvalue weighted by Crippen LogP contribution is 2.33. The Bertz CT molecular complexity index is 1120. The number of benzene rings is 1. The summed E-state index contributed by atoms with van der Waals surface area (Å²) in [6.07, 6.45) is -9.46. The molecule has 0 aliphatic carbocycles. The molecule has 2 aliphatic rings. The molecule has 2 heterocycles. The molecule has 8 atom stereocenters. The average molecular weight is 599 g/mol. The van der Waals surface area contributed by atoms with Crippen LogP contribution in [0.3, 0.4) is 0 Å². The maximum Gasteiger partial charge on any atom is 0.303 e. The van der Waals surface area contributed by atoms with Crippen LogP contribution in [0.5, 0.6) is 11.5 Å². The quantitative estimate of drug-likeness (QED) is 0.244. The standard InChI is InChI=1S/C27H34O15/c1-13(28)34-11-20-22(36-14(2)29)24(38-16(4)31)26(41-20)35-12-21-23(37-15(3)30)25(39-17(5)32)27(42-21)40-19-9-7-18(33-6)8-10-19/h7-10,20-27H,11-12H2,1-6H3/t20-,21-,22-,23-,24+,25+,26+,27+/m0/s1. The van der Waals surface area contributed by atoms with E-state index >= 15 is 0 Å². The lowest BCUT2D eigenvalue weighted by molar-refractivity contribution is -0.207. The molecule has 0 aromatic heterocycles. The highest BCUT2D eigenvalue weighted by atomic mass is 16.8. The summed E-state index contributed by atoms with van der Waals surface area (Å²) < 4.78 is 55.2. The zero-order valence-corrected chi connectivity index (χ0v) is 24.0. The van der Waals surface area contributed by atoms with E-state index in [9.17, 15) is 24.0 Å². The van der Waals surface area contributed by atoms with Gasteiger partial charge in [0.25, 0.3) is 0 Å². The Labute approximate surface area is 241 Å². The van der Waals surface area contributed by atoms with Gasteiger partial charge < -0.3 is 47.4 Å². The molecule has 42 heavy (non-hydrogen) atoms. The van der Waals surface area contributed by atoms with Crippen LogP contribution in [0.15, 0.2) is 24.3 Å². The van der Waals surface area contributed by atoms with Crippen LogP contribution in [0.4, 0.5) is 0 Å². The van der Waals surface area contributed by atoms with Gasteiger partial charge >= 0.3 is 29.8 Å². The first-order valence-electron chi connectivity index (χ1n) is 12.9. The van der Waals surface area contributed by atoms with Gasteiger partial charge in [0.2, 0.25) is 12.4 Å². The van der Waals surface area contributed by atoms with Crippen LogP contribution in [0.2, 0.25) is 0 Å². The smallest absolute Gasteiger partial charge is 0.303 e. The fourth-order valence-corrected chi connectivity index (χ4v) is 4.36. The van der Waals surface area contributed by atoms with Crippen LogP contribution in [-0.2, 0) is 61.9 Å². The highest BCUT2D eigenvalue weighted by molar-refractivity contribution is 5.68. The van der Waals surface area contributed by atoms with E-state index < -0.39 is 79.1 Å². The van der Waals surface area contributed by atoms with Crippen molar-refractivity contribution in [1.29, 1.82) is 0 Å². The first-order chi connectivity index (χ1) is 19.9. The van der Waals surface area contributed by atoms with Crippen molar-refractivity contribution in [2.75, 3.05) is 20.3 Å². The van der Waals surface area contributed by atoms with Crippen molar-refractivity contribution in [2.24, 2.45) is 0 Å². The number of carbonyl (C=O) groups excluding carboxylic acids is 5. The second-order valence-electron chi connectivity index (χ2n) is 9.31. The Morgan fingerprint density at radius 1 is 0.595 bits per heavy atom. The lowest BCUT2D eigenvalue weighted by atomic mass is 10.1. The second-order valence-corrected chi connectivity index (χ2v) is 9.31. The van der Waals surface area contributed by atoms with Gasteiger partial charge in [-0.2, -0.15) is 0 Å². The lowest BCUT2D eigenvalue weighted by Gasteiger charge is -2.25. The molecule has 0 amide bonds. The van der Waals surface area contributed by atoms with Crippen molar-refractivity contribution in [3.8, 4) is 11.5 Å². The topological polar surface area (TPSA) is 178 Å². The van der Waals surface area contributed by atoms with Gasteiger partial charge in [-0.3, -0.25) is 24.0 Å². The van der Waals surface area contributed by atoms with E-state index in [1.807, 2.05) is 0 Å². The molecule has 2 fully saturated rings. The highest BCUT2D eigenvalue weighted by Gasteiger charge is 2.54. The van der Waals surface area contributed by atoms with Gasteiger partial charge in [-0.15, -0.1) is 0 Å². The zero-order chi connectivity index (χ0) is 31.0. The number of carbonyl (C=O) groups is 5. The minimum atomic E-state index is -1.32. The molecule has 0 spiro atoms. The van der Waals surface area contributed by atoms with Crippen molar-refractivity contribution >= 4 is 29.8 Å². The van der Waals surface area contributed by atoms with Crippen LogP contribution in [-0.4, -0.2) is 99.4 Å².